The first-order valence-electron chi connectivity index (χ1n) is 9.02. The minimum Gasteiger partial charge on any atom is -0.481 e. The van der Waals surface area contributed by atoms with Gasteiger partial charge in [0.25, 0.3) is 0 Å². The first-order valence-corrected chi connectivity index (χ1v) is 9.02. The van der Waals surface area contributed by atoms with E-state index in [1.165, 1.54) is 7.11 Å². The third-order valence-electron chi connectivity index (χ3n) is 5.35. The van der Waals surface area contributed by atoms with Crippen LogP contribution in [0, 0.1) is 0 Å². The highest BCUT2D eigenvalue weighted by Gasteiger charge is 2.61. The van der Waals surface area contributed by atoms with Crippen LogP contribution in [0.2, 0.25) is 0 Å². The predicted octanol–water partition coefficient (Wildman–Crippen LogP) is 1.68. The van der Waals surface area contributed by atoms with Crippen molar-refractivity contribution in [1.29, 1.82) is 0 Å². The molecule has 0 aromatic carbocycles. The van der Waals surface area contributed by atoms with Crippen molar-refractivity contribution in [2.45, 2.75) is 37.0 Å². The molecule has 0 spiro atoms. The van der Waals surface area contributed by atoms with E-state index in [2.05, 4.69) is 25.5 Å². The van der Waals surface area contributed by atoms with Gasteiger partial charge in [-0.15, -0.1) is 0 Å². The fraction of sp³-hybridized carbons (Fsp3) is 0.529. The maximum absolute atomic E-state index is 13.6. The van der Waals surface area contributed by atoms with Gasteiger partial charge >= 0.3 is 6.18 Å². The summed E-state index contributed by atoms with van der Waals surface area (Å²) in [7, 11) is 1.50. The minimum atomic E-state index is -5.01. The third-order valence-corrected chi connectivity index (χ3v) is 5.35. The Morgan fingerprint density at radius 3 is 2.72 bits per heavy atom. The molecule has 1 saturated heterocycles. The van der Waals surface area contributed by atoms with Crippen LogP contribution in [-0.4, -0.2) is 57.6 Å². The second kappa shape index (κ2) is 6.87. The summed E-state index contributed by atoms with van der Waals surface area (Å²) in [5.74, 6) is -0.539. The first kappa shape index (κ1) is 19.4. The van der Waals surface area contributed by atoms with Gasteiger partial charge in [-0.25, -0.2) is 4.98 Å². The number of nitrogens with one attached hydrogen (secondary N) is 2. The zero-order chi connectivity index (χ0) is 20.8. The molecular formula is C17H19F3N6O3. The normalized spacial score (nSPS) is 22.9. The minimum absolute atomic E-state index is 0.131. The largest absolute Gasteiger partial charge is 0.481 e. The van der Waals surface area contributed by atoms with Crippen molar-refractivity contribution in [3.63, 3.8) is 0 Å². The monoisotopic (exact) mass is 412 g/mol. The highest BCUT2D eigenvalue weighted by Crippen LogP contribution is 2.49. The van der Waals surface area contributed by atoms with Crippen LogP contribution in [0.15, 0.2) is 12.3 Å². The van der Waals surface area contributed by atoms with E-state index >= 15 is 0 Å². The lowest BCUT2D eigenvalue weighted by molar-refractivity contribution is -0.267. The summed E-state index contributed by atoms with van der Waals surface area (Å²) in [4.78, 5) is 22.1. The lowest BCUT2D eigenvalue weighted by Crippen LogP contribution is -2.49. The van der Waals surface area contributed by atoms with Crippen LogP contribution in [0.5, 0.6) is 5.88 Å². The second-order valence-corrected chi connectivity index (χ2v) is 7.10. The number of carbonyl (C=O) groups is 1. The molecule has 0 bridgehead atoms. The zero-order valence-electron chi connectivity index (χ0n) is 15.5. The number of methoxy groups -OCH3 is 1. The Bertz CT molecular complexity index is 925. The Morgan fingerprint density at radius 2 is 2.07 bits per heavy atom. The summed E-state index contributed by atoms with van der Waals surface area (Å²) < 4.78 is 46.0. The number of aromatic nitrogens is 4. The molecule has 0 saturated carbocycles. The average Bonchev–Trinajstić information content (AvgIpc) is 3.11. The summed E-state index contributed by atoms with van der Waals surface area (Å²) >= 11 is 0. The Labute approximate surface area is 163 Å². The lowest BCUT2D eigenvalue weighted by Gasteiger charge is -2.36. The number of nitrogens with zero attached hydrogens (tertiary/aromatic N) is 4. The summed E-state index contributed by atoms with van der Waals surface area (Å²) in [6, 6.07) is 1.62. The predicted molar refractivity (Wildman–Crippen MR) is 94.6 cm³/mol. The van der Waals surface area contributed by atoms with E-state index < -0.39 is 24.1 Å². The molecule has 29 heavy (non-hydrogen) atoms. The van der Waals surface area contributed by atoms with E-state index in [9.17, 15) is 23.1 Å². The fourth-order valence-electron chi connectivity index (χ4n) is 3.86. The smallest absolute Gasteiger partial charge is 0.422 e. The molecule has 4 rings (SSSR count). The van der Waals surface area contributed by atoms with E-state index in [0.29, 0.717) is 37.8 Å². The quantitative estimate of drug-likeness (QED) is 0.702. The molecule has 4 heterocycles. The van der Waals surface area contributed by atoms with Gasteiger partial charge in [0.15, 0.2) is 5.60 Å². The Kier molecular flexibility index (Phi) is 4.60. The van der Waals surface area contributed by atoms with Crippen LogP contribution >= 0.6 is 0 Å². The lowest BCUT2D eigenvalue weighted by atomic mass is 9.81. The van der Waals surface area contributed by atoms with Crippen LogP contribution in [0.25, 0.3) is 0 Å². The van der Waals surface area contributed by atoms with E-state index in [1.807, 2.05) is 4.90 Å². The SMILES string of the molecule is COc1ccnc(N2CCC(c3n[nH]c4c3C(O)(C(F)(F)F)CC(=O)N4)CC2)n1. The van der Waals surface area contributed by atoms with E-state index in [1.54, 1.807) is 12.3 Å². The number of ether oxygens (including phenoxy) is 1. The van der Waals surface area contributed by atoms with Gasteiger partial charge in [0.05, 0.1) is 24.8 Å². The van der Waals surface area contributed by atoms with Gasteiger partial charge in [0.1, 0.15) is 5.82 Å². The average molecular weight is 412 g/mol. The second-order valence-electron chi connectivity index (χ2n) is 7.10. The fourth-order valence-corrected chi connectivity index (χ4v) is 3.86. The molecule has 0 aliphatic carbocycles. The number of hydrogen-bond acceptors (Lipinski definition) is 7. The van der Waals surface area contributed by atoms with Crippen molar-refractivity contribution < 1.29 is 27.8 Å². The van der Waals surface area contributed by atoms with Crippen LogP contribution in [0.1, 0.15) is 36.4 Å². The first-order chi connectivity index (χ1) is 13.7. The molecule has 2 aromatic heterocycles. The number of piperidine rings is 1. The van der Waals surface area contributed by atoms with Crippen molar-refractivity contribution >= 4 is 17.7 Å². The number of rotatable bonds is 3. The Balaban J connectivity index is 1.58. The van der Waals surface area contributed by atoms with Crippen LogP contribution in [0.3, 0.4) is 0 Å². The molecule has 12 heteroatoms. The number of halogens is 3. The summed E-state index contributed by atoms with van der Waals surface area (Å²) in [5, 5.41) is 19.2. The maximum atomic E-state index is 13.6. The number of fused-ring (bicyclic) bond motifs is 1. The summed E-state index contributed by atoms with van der Waals surface area (Å²) in [6.07, 6.45) is -3.55. The van der Waals surface area contributed by atoms with Gasteiger partial charge in [-0.05, 0) is 12.8 Å². The molecule has 0 radical (unpaired) electrons. The highest BCUT2D eigenvalue weighted by atomic mass is 19.4. The Morgan fingerprint density at radius 1 is 1.34 bits per heavy atom. The van der Waals surface area contributed by atoms with Gasteiger partial charge in [-0.3, -0.25) is 9.89 Å². The number of amides is 1. The molecule has 1 atom stereocenters. The van der Waals surface area contributed by atoms with Crippen molar-refractivity contribution in [1.82, 2.24) is 20.2 Å². The van der Waals surface area contributed by atoms with Gasteiger partial charge in [0.2, 0.25) is 17.7 Å². The molecule has 156 valence electrons. The number of H-pyrrole nitrogens is 1. The molecule has 1 amide bonds. The van der Waals surface area contributed by atoms with Crippen LogP contribution in [0.4, 0.5) is 24.9 Å². The topological polar surface area (TPSA) is 116 Å². The van der Waals surface area contributed by atoms with Crippen LogP contribution < -0.4 is 15.0 Å². The molecule has 1 fully saturated rings. The third kappa shape index (κ3) is 3.26. The van der Waals surface area contributed by atoms with E-state index in [-0.39, 0.29) is 23.0 Å². The van der Waals surface area contributed by atoms with Crippen molar-refractivity contribution in [2.75, 3.05) is 30.4 Å². The van der Waals surface area contributed by atoms with E-state index in [4.69, 9.17) is 4.74 Å². The molecular weight excluding hydrogens is 393 g/mol. The standard InChI is InChI=1S/C17H19F3N6O3/c1-29-11-2-5-21-15(23-11)26-6-3-9(4-7-26)13-12-14(25-24-13)22-10(27)8-16(12,28)17(18,19)20/h2,5,9,28H,3-4,6-8H2,1H3,(H2,22,24,25,27). The maximum Gasteiger partial charge on any atom is 0.422 e. The zero-order valence-corrected chi connectivity index (χ0v) is 15.5. The molecule has 1 unspecified atom stereocenters. The van der Waals surface area contributed by atoms with Gasteiger partial charge in [0, 0.05) is 31.3 Å². The van der Waals surface area contributed by atoms with Gasteiger partial charge < -0.3 is 20.1 Å². The van der Waals surface area contributed by atoms with Crippen molar-refractivity contribution in [3.8, 4) is 5.88 Å². The summed E-state index contributed by atoms with van der Waals surface area (Å²) in [6.45, 7) is 0.993. The molecule has 2 aromatic rings. The van der Waals surface area contributed by atoms with Gasteiger partial charge in [-0.1, -0.05) is 0 Å². The van der Waals surface area contributed by atoms with Crippen molar-refractivity contribution in [3.05, 3.63) is 23.5 Å². The van der Waals surface area contributed by atoms with E-state index in [0.717, 1.165) is 0 Å². The Hall–Kier alpha value is -2.89. The molecule has 2 aliphatic rings. The van der Waals surface area contributed by atoms with Crippen LogP contribution in [-0.2, 0) is 10.4 Å². The number of aliphatic hydroxyl groups is 1. The highest BCUT2D eigenvalue weighted by molar-refractivity contribution is 5.94. The summed E-state index contributed by atoms with van der Waals surface area (Å²) in [5.41, 5.74) is -3.52. The molecule has 9 nitrogen and oxygen atoms in total. The number of aromatic amines is 1. The van der Waals surface area contributed by atoms with Gasteiger partial charge in [-0.2, -0.15) is 23.3 Å². The molecule has 2 aliphatic heterocycles. The number of alkyl halides is 3. The molecule has 3 N–H and O–H groups in total. The number of hydrogen-bond donors (Lipinski definition) is 3. The number of carbonyl (C=O) groups excluding carboxylic acids is 1. The number of anilines is 2. The van der Waals surface area contributed by atoms with Crippen molar-refractivity contribution in [2.24, 2.45) is 0 Å².